The van der Waals surface area contributed by atoms with Crippen molar-refractivity contribution in [1.82, 2.24) is 0 Å². The molecule has 5 N–H and O–H groups in total. The van der Waals surface area contributed by atoms with Crippen LogP contribution in [0.2, 0.25) is 0 Å². The molecule has 0 amide bonds. The smallest absolute Gasteiger partial charge is 0.417 e. The zero-order valence-electron chi connectivity index (χ0n) is 6.77. The summed E-state index contributed by atoms with van der Waals surface area (Å²) in [5, 5.41) is 8.31. The number of rotatable bonds is 4. The van der Waals surface area contributed by atoms with E-state index in [1.807, 2.05) is 0 Å². The highest BCUT2D eigenvalue weighted by atomic mass is 19.4. The highest BCUT2D eigenvalue weighted by molar-refractivity contribution is 5.79. The van der Waals surface area contributed by atoms with Crippen molar-refractivity contribution in [2.75, 3.05) is 6.54 Å². The molecule has 13 heavy (non-hydrogen) atoms. The Bertz CT molecular complexity index is 195. The van der Waals surface area contributed by atoms with Crippen LogP contribution in [0.15, 0.2) is 0 Å². The summed E-state index contributed by atoms with van der Waals surface area (Å²) in [6.45, 7) is -0.0255. The quantitative estimate of drug-likeness (QED) is 0.599. The molecule has 1 unspecified atom stereocenters. The lowest BCUT2D eigenvalue weighted by Crippen LogP contribution is -2.59. The maximum Gasteiger partial charge on any atom is 0.417 e. The first-order chi connectivity index (χ1) is 5.75. The molecule has 0 aromatic carbocycles. The van der Waals surface area contributed by atoms with Gasteiger partial charge in [0.1, 0.15) is 0 Å². The molecule has 0 bridgehead atoms. The number of hydrogen-bond donors (Lipinski definition) is 3. The molecule has 1 atom stereocenters. The second-order valence-electron chi connectivity index (χ2n) is 2.67. The van der Waals surface area contributed by atoms with E-state index in [9.17, 15) is 18.0 Å². The van der Waals surface area contributed by atoms with Gasteiger partial charge >= 0.3 is 12.1 Å². The average molecular weight is 200 g/mol. The zero-order chi connectivity index (χ0) is 10.7. The molecule has 0 aromatic heterocycles. The molecule has 0 heterocycles. The van der Waals surface area contributed by atoms with Crippen LogP contribution in [-0.4, -0.2) is 29.3 Å². The van der Waals surface area contributed by atoms with Gasteiger partial charge in [0.05, 0.1) is 0 Å². The molecule has 0 aliphatic rings. The van der Waals surface area contributed by atoms with E-state index in [1.54, 1.807) is 0 Å². The lowest BCUT2D eigenvalue weighted by molar-refractivity contribution is -0.203. The summed E-state index contributed by atoms with van der Waals surface area (Å²) in [5.41, 5.74) is 6.51. The SMILES string of the molecule is NCCCC(N)(C(=O)O)C(F)(F)F. The van der Waals surface area contributed by atoms with Crippen LogP contribution in [0.5, 0.6) is 0 Å². The number of halogens is 3. The molecule has 0 fully saturated rings. The highest BCUT2D eigenvalue weighted by Gasteiger charge is 2.57. The molecule has 0 aliphatic carbocycles. The van der Waals surface area contributed by atoms with Crippen molar-refractivity contribution in [2.24, 2.45) is 11.5 Å². The van der Waals surface area contributed by atoms with Crippen molar-refractivity contribution in [2.45, 2.75) is 24.6 Å². The number of carboxylic acid groups (broad SMARTS) is 1. The summed E-state index contributed by atoms with van der Waals surface area (Å²) >= 11 is 0. The van der Waals surface area contributed by atoms with E-state index < -0.39 is 24.1 Å². The van der Waals surface area contributed by atoms with E-state index in [2.05, 4.69) is 0 Å². The first kappa shape index (κ1) is 12.2. The molecule has 4 nitrogen and oxygen atoms in total. The summed E-state index contributed by atoms with van der Waals surface area (Å²) in [5.74, 6) is -2.08. The first-order valence-electron chi connectivity index (χ1n) is 3.55. The van der Waals surface area contributed by atoms with Crippen molar-refractivity contribution in [3.05, 3.63) is 0 Å². The summed E-state index contributed by atoms with van der Waals surface area (Å²) in [7, 11) is 0. The maximum absolute atomic E-state index is 12.1. The van der Waals surface area contributed by atoms with Crippen LogP contribution in [0.1, 0.15) is 12.8 Å². The second-order valence-corrected chi connectivity index (χ2v) is 2.67. The van der Waals surface area contributed by atoms with Gasteiger partial charge in [-0.1, -0.05) is 0 Å². The van der Waals surface area contributed by atoms with Crippen LogP contribution < -0.4 is 11.5 Å². The molecule has 0 spiro atoms. The number of carbonyl (C=O) groups is 1. The van der Waals surface area contributed by atoms with Crippen molar-refractivity contribution < 1.29 is 23.1 Å². The second kappa shape index (κ2) is 3.93. The average Bonchev–Trinajstić information content (AvgIpc) is 1.97. The Morgan fingerprint density at radius 2 is 1.85 bits per heavy atom. The van der Waals surface area contributed by atoms with Crippen LogP contribution in [0.4, 0.5) is 13.2 Å². The minimum atomic E-state index is -4.95. The topological polar surface area (TPSA) is 89.3 Å². The van der Waals surface area contributed by atoms with Gasteiger partial charge in [-0.2, -0.15) is 13.2 Å². The lowest BCUT2D eigenvalue weighted by Gasteiger charge is -2.26. The fraction of sp³-hybridized carbons (Fsp3) is 0.833. The molecular formula is C6H11F3N2O2. The summed E-state index contributed by atoms with van der Waals surface area (Å²) in [4.78, 5) is 10.3. The third kappa shape index (κ3) is 2.56. The Morgan fingerprint density at radius 3 is 2.08 bits per heavy atom. The minimum absolute atomic E-state index is 0.0255. The van der Waals surface area contributed by atoms with Crippen LogP contribution in [0.3, 0.4) is 0 Å². The van der Waals surface area contributed by atoms with Gasteiger partial charge in [-0.05, 0) is 19.4 Å². The molecule has 78 valence electrons. The van der Waals surface area contributed by atoms with E-state index in [0.29, 0.717) is 0 Å². The van der Waals surface area contributed by atoms with Crippen LogP contribution >= 0.6 is 0 Å². The molecule has 0 saturated heterocycles. The van der Waals surface area contributed by atoms with Crippen LogP contribution in [-0.2, 0) is 4.79 Å². The van der Waals surface area contributed by atoms with Gasteiger partial charge in [-0.15, -0.1) is 0 Å². The number of aliphatic carboxylic acids is 1. The van der Waals surface area contributed by atoms with E-state index in [0.717, 1.165) is 0 Å². The predicted molar refractivity (Wildman–Crippen MR) is 38.9 cm³/mol. The first-order valence-corrected chi connectivity index (χ1v) is 3.55. The van der Waals surface area contributed by atoms with Gasteiger partial charge in [0.2, 0.25) is 5.54 Å². The van der Waals surface area contributed by atoms with Crippen LogP contribution in [0, 0.1) is 0 Å². The fourth-order valence-electron chi connectivity index (χ4n) is 0.751. The van der Waals surface area contributed by atoms with E-state index >= 15 is 0 Å². The monoisotopic (exact) mass is 200 g/mol. The normalized spacial score (nSPS) is 16.7. The Balaban J connectivity index is 4.64. The molecule has 0 rings (SSSR count). The largest absolute Gasteiger partial charge is 0.480 e. The van der Waals surface area contributed by atoms with Crippen molar-refractivity contribution in [3.63, 3.8) is 0 Å². The van der Waals surface area contributed by atoms with E-state index in [4.69, 9.17) is 16.6 Å². The Kier molecular flexibility index (Phi) is 3.68. The predicted octanol–water partition coefficient (Wildman–Crippen LogP) is 0.0697. The van der Waals surface area contributed by atoms with Gasteiger partial charge < -0.3 is 16.6 Å². The Morgan fingerprint density at radius 1 is 1.38 bits per heavy atom. The van der Waals surface area contributed by atoms with Crippen LogP contribution in [0.25, 0.3) is 0 Å². The van der Waals surface area contributed by atoms with Crippen molar-refractivity contribution in [1.29, 1.82) is 0 Å². The Labute approximate surface area is 72.7 Å². The molecule has 0 aliphatic heterocycles. The van der Waals surface area contributed by atoms with Crippen molar-refractivity contribution in [3.8, 4) is 0 Å². The van der Waals surface area contributed by atoms with Gasteiger partial charge in [0.25, 0.3) is 0 Å². The fourth-order valence-corrected chi connectivity index (χ4v) is 0.751. The minimum Gasteiger partial charge on any atom is -0.480 e. The van der Waals surface area contributed by atoms with Gasteiger partial charge in [0.15, 0.2) is 0 Å². The van der Waals surface area contributed by atoms with Gasteiger partial charge in [-0.25, -0.2) is 4.79 Å². The molecule has 0 aromatic rings. The zero-order valence-corrected chi connectivity index (χ0v) is 6.77. The molecule has 0 saturated carbocycles. The van der Waals surface area contributed by atoms with E-state index in [1.165, 1.54) is 0 Å². The number of alkyl halides is 3. The Hall–Kier alpha value is -0.820. The summed E-state index contributed by atoms with van der Waals surface area (Å²) in [6, 6.07) is 0. The molecular weight excluding hydrogens is 189 g/mol. The number of carboxylic acids is 1. The summed E-state index contributed by atoms with van der Waals surface area (Å²) in [6.07, 6.45) is -5.74. The molecule has 0 radical (unpaired) electrons. The summed E-state index contributed by atoms with van der Waals surface area (Å²) < 4.78 is 36.4. The third-order valence-corrected chi connectivity index (χ3v) is 1.66. The standard InChI is InChI=1S/C6H11F3N2O2/c7-6(8,9)5(11,4(12)13)2-1-3-10/h1-3,10-11H2,(H,12,13). The number of hydrogen-bond acceptors (Lipinski definition) is 3. The lowest BCUT2D eigenvalue weighted by atomic mass is 9.94. The van der Waals surface area contributed by atoms with Gasteiger partial charge in [0, 0.05) is 0 Å². The maximum atomic E-state index is 12.1. The highest BCUT2D eigenvalue weighted by Crippen LogP contribution is 2.31. The van der Waals surface area contributed by atoms with Gasteiger partial charge in [-0.3, -0.25) is 0 Å². The molecule has 7 heteroatoms. The van der Waals surface area contributed by atoms with E-state index in [-0.39, 0.29) is 13.0 Å². The van der Waals surface area contributed by atoms with Crippen molar-refractivity contribution >= 4 is 5.97 Å². The third-order valence-electron chi connectivity index (χ3n) is 1.66. The number of nitrogens with two attached hydrogens (primary N) is 2.